The van der Waals surface area contributed by atoms with Crippen LogP contribution in [0, 0.1) is 5.92 Å². The van der Waals surface area contributed by atoms with E-state index < -0.39 is 0 Å². The number of nitrogens with zero attached hydrogens (tertiary/aromatic N) is 4. The third-order valence-corrected chi connectivity index (χ3v) is 7.09. The van der Waals surface area contributed by atoms with E-state index in [2.05, 4.69) is 25.9 Å². The fourth-order valence-corrected chi connectivity index (χ4v) is 5.08. The Hall–Kier alpha value is -3.24. The minimum absolute atomic E-state index is 0.0809. The highest BCUT2D eigenvalue weighted by molar-refractivity contribution is 6.29. The van der Waals surface area contributed by atoms with Crippen molar-refractivity contribution in [2.45, 2.75) is 76.4 Å². The van der Waals surface area contributed by atoms with Crippen LogP contribution in [-0.2, 0) is 4.79 Å². The maximum Gasteiger partial charge on any atom is 0.276 e. The van der Waals surface area contributed by atoms with Crippen molar-refractivity contribution in [1.82, 2.24) is 19.6 Å². The van der Waals surface area contributed by atoms with Gasteiger partial charge in [-0.25, -0.2) is 14.5 Å². The number of nitrogens with two attached hydrogens (primary N) is 1. The molecule has 1 amide bonds. The van der Waals surface area contributed by atoms with E-state index >= 15 is 0 Å². The zero-order chi connectivity index (χ0) is 25.9. The standard InChI is InChI=1S/C26H33ClN8O2/c1-15(28)10-20(36)11-16-2-4-18(5-3-16)32-24-13-21(31-17-6-7-17)25-30-14-22(35(25)34-24)26(37)33-19-8-9-29-23(27)12-19/h8-9,12-18,31H,2-7,10-11,28H2,1H3,(H,32,34)(H,29,33,37)/t15-,16?,18?/m0/s1. The van der Waals surface area contributed by atoms with Crippen molar-refractivity contribution in [3.63, 3.8) is 0 Å². The number of pyridine rings is 1. The zero-order valence-electron chi connectivity index (χ0n) is 20.9. The van der Waals surface area contributed by atoms with E-state index in [0.717, 1.165) is 44.2 Å². The Kier molecular flexibility index (Phi) is 7.57. The minimum Gasteiger partial charge on any atom is -0.379 e. The van der Waals surface area contributed by atoms with E-state index in [-0.39, 0.29) is 23.8 Å². The molecule has 2 aliphatic rings. The lowest BCUT2D eigenvalue weighted by molar-refractivity contribution is -0.120. The van der Waals surface area contributed by atoms with E-state index in [4.69, 9.17) is 22.4 Å². The number of rotatable bonds is 10. The van der Waals surface area contributed by atoms with Gasteiger partial charge in [0.25, 0.3) is 5.91 Å². The van der Waals surface area contributed by atoms with Gasteiger partial charge in [-0.05, 0) is 63.5 Å². The van der Waals surface area contributed by atoms with E-state index in [1.165, 1.54) is 12.4 Å². The van der Waals surface area contributed by atoms with E-state index in [1.54, 1.807) is 16.6 Å². The molecule has 0 aliphatic heterocycles. The third-order valence-electron chi connectivity index (χ3n) is 6.89. The maximum absolute atomic E-state index is 13.1. The largest absolute Gasteiger partial charge is 0.379 e. The number of fused-ring (bicyclic) bond motifs is 1. The molecule has 0 radical (unpaired) electrons. The summed E-state index contributed by atoms with van der Waals surface area (Å²) in [5.74, 6) is 1.02. The summed E-state index contributed by atoms with van der Waals surface area (Å²) >= 11 is 5.96. The van der Waals surface area contributed by atoms with E-state index in [9.17, 15) is 9.59 Å². The number of amides is 1. The Morgan fingerprint density at radius 1 is 1.11 bits per heavy atom. The molecule has 3 heterocycles. The van der Waals surface area contributed by atoms with Gasteiger partial charge < -0.3 is 21.7 Å². The van der Waals surface area contributed by atoms with Crippen LogP contribution < -0.4 is 21.7 Å². The van der Waals surface area contributed by atoms with Crippen LogP contribution in [0.1, 0.15) is 68.8 Å². The number of aromatic nitrogens is 4. The van der Waals surface area contributed by atoms with Crippen LogP contribution in [0.5, 0.6) is 0 Å². The molecule has 11 heteroatoms. The molecular weight excluding hydrogens is 492 g/mol. The summed E-state index contributed by atoms with van der Waals surface area (Å²) in [6, 6.07) is 5.82. The van der Waals surface area contributed by atoms with Gasteiger partial charge in [0.15, 0.2) is 11.3 Å². The fourth-order valence-electron chi connectivity index (χ4n) is 4.91. The molecule has 5 rings (SSSR count). The zero-order valence-corrected chi connectivity index (χ0v) is 21.7. The Labute approximate surface area is 220 Å². The number of imidazole rings is 1. The normalized spacial score (nSPS) is 20.4. The van der Waals surface area contributed by atoms with Crippen molar-refractivity contribution in [2.24, 2.45) is 11.7 Å². The molecule has 2 fully saturated rings. The molecule has 0 unspecified atom stereocenters. The SMILES string of the molecule is C[C@H](N)CC(=O)CC1CCC(Nc2cc(NC3CC3)c3ncc(C(=O)Nc4ccnc(Cl)c4)n3n2)CC1. The number of halogens is 1. The molecule has 0 bridgehead atoms. The van der Waals surface area contributed by atoms with Crippen molar-refractivity contribution >= 4 is 46.1 Å². The summed E-state index contributed by atoms with van der Waals surface area (Å²) in [6.07, 6.45) is 10.3. The molecule has 2 aliphatic carbocycles. The summed E-state index contributed by atoms with van der Waals surface area (Å²) in [7, 11) is 0. The monoisotopic (exact) mass is 524 g/mol. The molecule has 0 saturated heterocycles. The number of carbonyl (C=O) groups is 2. The van der Waals surface area contributed by atoms with Gasteiger partial charge in [-0.15, -0.1) is 5.10 Å². The molecule has 5 N–H and O–H groups in total. The number of ketones is 1. The smallest absolute Gasteiger partial charge is 0.276 e. The molecule has 0 aromatic carbocycles. The highest BCUT2D eigenvalue weighted by atomic mass is 35.5. The number of carbonyl (C=O) groups excluding carboxylic acids is 2. The van der Waals surface area contributed by atoms with Crippen LogP contribution in [0.15, 0.2) is 30.6 Å². The van der Waals surface area contributed by atoms with Gasteiger partial charge in [-0.3, -0.25) is 9.59 Å². The van der Waals surface area contributed by atoms with Crippen LogP contribution in [0.25, 0.3) is 5.65 Å². The quantitative estimate of drug-likeness (QED) is 0.288. The first-order valence-electron chi connectivity index (χ1n) is 13.0. The highest BCUT2D eigenvalue weighted by Gasteiger charge is 2.26. The van der Waals surface area contributed by atoms with Crippen LogP contribution in [0.2, 0.25) is 5.15 Å². The lowest BCUT2D eigenvalue weighted by atomic mass is 9.82. The Balaban J connectivity index is 1.31. The van der Waals surface area contributed by atoms with Crippen molar-refractivity contribution in [2.75, 3.05) is 16.0 Å². The van der Waals surface area contributed by atoms with Gasteiger partial charge >= 0.3 is 0 Å². The highest BCUT2D eigenvalue weighted by Crippen LogP contribution is 2.32. The maximum atomic E-state index is 13.1. The molecule has 3 aromatic heterocycles. The van der Waals surface area contributed by atoms with Gasteiger partial charge in [0, 0.05) is 48.9 Å². The van der Waals surface area contributed by atoms with Crippen LogP contribution >= 0.6 is 11.6 Å². The van der Waals surface area contributed by atoms with Gasteiger partial charge in [0.1, 0.15) is 16.8 Å². The third kappa shape index (κ3) is 6.56. The minimum atomic E-state index is -0.339. The van der Waals surface area contributed by atoms with Crippen molar-refractivity contribution in [3.8, 4) is 0 Å². The molecule has 3 aromatic rings. The van der Waals surface area contributed by atoms with Gasteiger partial charge in [0.2, 0.25) is 0 Å². The first-order chi connectivity index (χ1) is 17.8. The van der Waals surface area contributed by atoms with Crippen LogP contribution in [0.3, 0.4) is 0 Å². The van der Waals surface area contributed by atoms with Crippen molar-refractivity contribution in [3.05, 3.63) is 41.4 Å². The molecular formula is C26H33ClN8O2. The first kappa shape index (κ1) is 25.4. The lowest BCUT2D eigenvalue weighted by Gasteiger charge is -2.29. The average molecular weight is 525 g/mol. The predicted octanol–water partition coefficient (Wildman–Crippen LogP) is 4.27. The second-order valence-corrected chi connectivity index (χ2v) is 10.7. The second kappa shape index (κ2) is 11.0. The number of Topliss-reactive ketones (excluding diaryl/α,β-unsaturated/α-hetero) is 1. The Morgan fingerprint density at radius 2 is 1.84 bits per heavy atom. The Morgan fingerprint density at radius 3 is 2.54 bits per heavy atom. The summed E-state index contributed by atoms with van der Waals surface area (Å²) in [6.45, 7) is 1.87. The summed E-state index contributed by atoms with van der Waals surface area (Å²) in [4.78, 5) is 33.7. The molecule has 37 heavy (non-hydrogen) atoms. The van der Waals surface area contributed by atoms with Crippen molar-refractivity contribution in [1.29, 1.82) is 0 Å². The molecule has 196 valence electrons. The molecule has 2 saturated carbocycles. The van der Waals surface area contributed by atoms with E-state index in [0.29, 0.717) is 52.8 Å². The lowest BCUT2D eigenvalue weighted by Crippen LogP contribution is -2.29. The molecule has 10 nitrogen and oxygen atoms in total. The summed E-state index contributed by atoms with van der Waals surface area (Å²) in [5.41, 5.74) is 8.09. The van der Waals surface area contributed by atoms with Gasteiger partial charge in [-0.2, -0.15) is 0 Å². The number of anilines is 3. The van der Waals surface area contributed by atoms with E-state index in [1.807, 2.05) is 13.0 Å². The Bertz CT molecular complexity index is 1280. The van der Waals surface area contributed by atoms with Gasteiger partial charge in [-0.1, -0.05) is 11.6 Å². The second-order valence-electron chi connectivity index (χ2n) is 10.3. The van der Waals surface area contributed by atoms with Gasteiger partial charge in [0.05, 0.1) is 11.9 Å². The van der Waals surface area contributed by atoms with Crippen molar-refractivity contribution < 1.29 is 9.59 Å². The topological polar surface area (TPSA) is 139 Å². The number of nitrogens with one attached hydrogen (secondary N) is 3. The predicted molar refractivity (Wildman–Crippen MR) is 144 cm³/mol. The fraction of sp³-hybridized carbons (Fsp3) is 0.500. The first-order valence-corrected chi connectivity index (χ1v) is 13.3. The summed E-state index contributed by atoms with van der Waals surface area (Å²) < 4.78 is 1.59. The number of hydrogen-bond donors (Lipinski definition) is 4. The number of hydrogen-bond acceptors (Lipinski definition) is 8. The molecule has 1 atom stereocenters. The van der Waals surface area contributed by atoms with Crippen LogP contribution in [0.4, 0.5) is 17.2 Å². The molecule has 0 spiro atoms. The van der Waals surface area contributed by atoms with Crippen LogP contribution in [-0.4, -0.2) is 49.4 Å². The summed E-state index contributed by atoms with van der Waals surface area (Å²) in [5, 5.41) is 15.0. The average Bonchev–Trinajstić information content (AvgIpc) is 3.55.